The van der Waals surface area contributed by atoms with Crippen LogP contribution in [0.1, 0.15) is 18.9 Å². The third-order valence-corrected chi connectivity index (χ3v) is 6.03. The van der Waals surface area contributed by atoms with Crippen molar-refractivity contribution >= 4 is 29.1 Å². The summed E-state index contributed by atoms with van der Waals surface area (Å²) in [5, 5.41) is 0. The molecule has 126 valence electrons. The topological polar surface area (TPSA) is 32.8 Å². The molecule has 1 amide bonds. The van der Waals surface area contributed by atoms with Crippen LogP contribution in [-0.2, 0) is 11.3 Å². The van der Waals surface area contributed by atoms with Gasteiger partial charge in [0.1, 0.15) is 10.1 Å². The molecule has 1 saturated heterocycles. The zero-order valence-electron chi connectivity index (χ0n) is 13.5. The van der Waals surface area contributed by atoms with E-state index in [0.29, 0.717) is 6.42 Å². The van der Waals surface area contributed by atoms with Gasteiger partial charge in [0.25, 0.3) is 0 Å². The molecule has 4 nitrogen and oxygen atoms in total. The second kappa shape index (κ2) is 6.15. The maximum atomic E-state index is 12.6. The summed E-state index contributed by atoms with van der Waals surface area (Å²) >= 11 is 12.2. The summed E-state index contributed by atoms with van der Waals surface area (Å²) in [6.07, 6.45) is 0.548. The average molecular weight is 357 g/mol. The van der Waals surface area contributed by atoms with E-state index < -0.39 is 9.75 Å². The number of hydrogen-bond donors (Lipinski definition) is 0. The number of piperazine rings is 1. The lowest BCUT2D eigenvalue weighted by molar-refractivity contribution is -0.138. The van der Waals surface area contributed by atoms with Crippen LogP contribution in [0.3, 0.4) is 0 Å². The molecule has 0 bridgehead atoms. The predicted molar refractivity (Wildman–Crippen MR) is 92.0 cm³/mol. The molecule has 1 atom stereocenters. The lowest BCUT2D eigenvalue weighted by atomic mass is 10.1. The van der Waals surface area contributed by atoms with Crippen molar-refractivity contribution in [3.8, 4) is 5.75 Å². The SMILES string of the molecule is COc1cccc(CN2CCN(C(=O)[C@@]3(C)CC3(Cl)Cl)CC2)c1. The molecule has 0 unspecified atom stereocenters. The Labute approximate surface area is 147 Å². The number of alkyl halides is 2. The van der Waals surface area contributed by atoms with E-state index in [0.717, 1.165) is 38.5 Å². The summed E-state index contributed by atoms with van der Waals surface area (Å²) in [7, 11) is 1.68. The number of carbonyl (C=O) groups excluding carboxylic acids is 1. The Morgan fingerprint density at radius 1 is 1.26 bits per heavy atom. The van der Waals surface area contributed by atoms with Crippen LogP contribution in [0.2, 0.25) is 0 Å². The highest BCUT2D eigenvalue weighted by molar-refractivity contribution is 6.53. The fourth-order valence-electron chi connectivity index (χ4n) is 3.12. The van der Waals surface area contributed by atoms with Crippen molar-refractivity contribution in [2.45, 2.75) is 24.2 Å². The first-order chi connectivity index (χ1) is 10.9. The Morgan fingerprint density at radius 3 is 2.48 bits per heavy atom. The van der Waals surface area contributed by atoms with Gasteiger partial charge in [0.15, 0.2) is 0 Å². The van der Waals surface area contributed by atoms with E-state index in [9.17, 15) is 4.79 Å². The van der Waals surface area contributed by atoms with Crippen molar-refractivity contribution in [1.29, 1.82) is 0 Å². The Balaban J connectivity index is 1.53. The van der Waals surface area contributed by atoms with E-state index >= 15 is 0 Å². The number of halogens is 2. The molecule has 2 fully saturated rings. The number of amides is 1. The molecule has 1 aliphatic carbocycles. The number of nitrogens with zero attached hydrogens (tertiary/aromatic N) is 2. The van der Waals surface area contributed by atoms with Crippen LogP contribution in [0.15, 0.2) is 24.3 Å². The number of rotatable bonds is 4. The van der Waals surface area contributed by atoms with Crippen molar-refractivity contribution in [3.63, 3.8) is 0 Å². The first-order valence-electron chi connectivity index (χ1n) is 7.88. The van der Waals surface area contributed by atoms with Crippen LogP contribution in [0.5, 0.6) is 5.75 Å². The Bertz CT molecular complexity index is 600. The highest BCUT2D eigenvalue weighted by Crippen LogP contribution is 2.64. The predicted octanol–water partition coefficient (Wildman–Crippen LogP) is 2.92. The Kier molecular flexibility index (Phi) is 4.51. The van der Waals surface area contributed by atoms with Gasteiger partial charge >= 0.3 is 0 Å². The summed E-state index contributed by atoms with van der Waals surface area (Å²) in [5.74, 6) is 0.960. The highest BCUT2D eigenvalue weighted by atomic mass is 35.5. The van der Waals surface area contributed by atoms with Gasteiger partial charge in [-0.05, 0) is 31.0 Å². The minimum Gasteiger partial charge on any atom is -0.497 e. The van der Waals surface area contributed by atoms with Crippen molar-refractivity contribution in [2.75, 3.05) is 33.3 Å². The number of hydrogen-bond acceptors (Lipinski definition) is 3. The van der Waals surface area contributed by atoms with Crippen LogP contribution < -0.4 is 4.74 Å². The molecule has 3 rings (SSSR count). The molecule has 1 aromatic carbocycles. The monoisotopic (exact) mass is 356 g/mol. The number of carbonyl (C=O) groups is 1. The standard InChI is InChI=1S/C17H22Cl2N2O2/c1-16(12-17(16,18)19)15(22)21-8-6-20(7-9-21)11-13-4-3-5-14(10-13)23-2/h3-5,10H,6-9,11-12H2,1-2H3/t16-/m1/s1. The smallest absolute Gasteiger partial charge is 0.231 e. The molecule has 0 N–H and O–H groups in total. The number of methoxy groups -OCH3 is 1. The lowest BCUT2D eigenvalue weighted by Crippen LogP contribution is -2.50. The molecular weight excluding hydrogens is 335 g/mol. The molecule has 0 aromatic heterocycles. The summed E-state index contributed by atoms with van der Waals surface area (Å²) in [5.41, 5.74) is 0.615. The van der Waals surface area contributed by atoms with Gasteiger partial charge in [0.2, 0.25) is 5.91 Å². The van der Waals surface area contributed by atoms with Gasteiger partial charge in [-0.2, -0.15) is 0 Å². The van der Waals surface area contributed by atoms with Gasteiger partial charge in [-0.1, -0.05) is 12.1 Å². The molecule has 1 aromatic rings. The Hall–Kier alpha value is -0.970. The molecule has 0 radical (unpaired) electrons. The van der Waals surface area contributed by atoms with Crippen molar-refractivity contribution in [2.24, 2.45) is 5.41 Å². The van der Waals surface area contributed by atoms with Gasteiger partial charge in [-0.3, -0.25) is 9.69 Å². The van der Waals surface area contributed by atoms with E-state index in [-0.39, 0.29) is 5.91 Å². The van der Waals surface area contributed by atoms with E-state index in [1.165, 1.54) is 5.56 Å². The molecule has 0 spiro atoms. The lowest BCUT2D eigenvalue weighted by Gasteiger charge is -2.36. The van der Waals surface area contributed by atoms with Crippen molar-refractivity contribution in [3.05, 3.63) is 29.8 Å². The third kappa shape index (κ3) is 3.30. The van der Waals surface area contributed by atoms with Crippen LogP contribution in [0.25, 0.3) is 0 Å². The molecule has 1 heterocycles. The van der Waals surface area contributed by atoms with E-state index in [1.54, 1.807) is 7.11 Å². The van der Waals surface area contributed by atoms with Gasteiger partial charge in [0.05, 0.1) is 12.5 Å². The minimum absolute atomic E-state index is 0.0866. The first-order valence-corrected chi connectivity index (χ1v) is 8.64. The largest absolute Gasteiger partial charge is 0.497 e. The number of ether oxygens (including phenoxy) is 1. The molecule has 6 heteroatoms. The summed E-state index contributed by atoms with van der Waals surface area (Å²) < 4.78 is 4.37. The molecular formula is C17H22Cl2N2O2. The quantitative estimate of drug-likeness (QED) is 0.777. The van der Waals surface area contributed by atoms with Crippen LogP contribution in [0, 0.1) is 5.41 Å². The van der Waals surface area contributed by atoms with Gasteiger partial charge in [-0.25, -0.2) is 0 Å². The molecule has 23 heavy (non-hydrogen) atoms. The third-order valence-electron chi connectivity index (χ3n) is 4.93. The minimum atomic E-state index is -0.887. The van der Waals surface area contributed by atoms with Gasteiger partial charge in [0, 0.05) is 32.7 Å². The van der Waals surface area contributed by atoms with E-state index in [1.807, 2.05) is 24.0 Å². The maximum absolute atomic E-state index is 12.6. The average Bonchev–Trinajstić information content (AvgIpc) is 3.07. The van der Waals surface area contributed by atoms with Crippen molar-refractivity contribution in [1.82, 2.24) is 9.80 Å². The number of benzene rings is 1. The second-order valence-corrected chi connectivity index (χ2v) is 8.12. The summed E-state index contributed by atoms with van der Waals surface area (Å²) in [6.45, 7) is 5.89. The van der Waals surface area contributed by atoms with Crippen LogP contribution >= 0.6 is 23.2 Å². The normalized spacial score (nSPS) is 26.9. The zero-order chi connectivity index (χ0) is 16.7. The fourth-order valence-corrected chi connectivity index (χ4v) is 3.82. The van der Waals surface area contributed by atoms with Gasteiger partial charge < -0.3 is 9.64 Å². The molecule has 2 aliphatic rings. The summed E-state index contributed by atoms with van der Waals surface area (Å²) in [4.78, 5) is 16.8. The van der Waals surface area contributed by atoms with Crippen LogP contribution in [0.4, 0.5) is 0 Å². The first kappa shape index (κ1) is 16.9. The van der Waals surface area contributed by atoms with E-state index in [2.05, 4.69) is 17.0 Å². The van der Waals surface area contributed by atoms with Crippen molar-refractivity contribution < 1.29 is 9.53 Å². The highest BCUT2D eigenvalue weighted by Gasteiger charge is 2.68. The maximum Gasteiger partial charge on any atom is 0.231 e. The Morgan fingerprint density at radius 2 is 1.91 bits per heavy atom. The van der Waals surface area contributed by atoms with E-state index in [4.69, 9.17) is 27.9 Å². The van der Waals surface area contributed by atoms with Gasteiger partial charge in [-0.15, -0.1) is 23.2 Å². The summed E-state index contributed by atoms with van der Waals surface area (Å²) in [6, 6.07) is 8.10. The zero-order valence-corrected chi connectivity index (χ0v) is 15.0. The fraction of sp³-hybridized carbons (Fsp3) is 0.588. The second-order valence-electron chi connectivity index (χ2n) is 6.63. The molecule has 1 aliphatic heterocycles. The molecule has 1 saturated carbocycles. The van der Waals surface area contributed by atoms with Crippen LogP contribution in [-0.4, -0.2) is 53.3 Å².